The number of methoxy groups -OCH3 is 1. The Labute approximate surface area is 117 Å². The summed E-state index contributed by atoms with van der Waals surface area (Å²) in [7, 11) is -2.55. The van der Waals surface area contributed by atoms with Gasteiger partial charge in [0, 0.05) is 0 Å². The Morgan fingerprint density at radius 1 is 1.15 bits per heavy atom. The molecule has 2 rings (SSSR count). The Morgan fingerprint density at radius 2 is 1.85 bits per heavy atom. The van der Waals surface area contributed by atoms with Crippen molar-refractivity contribution in [1.82, 2.24) is 0 Å². The maximum atomic E-state index is 13.6. The van der Waals surface area contributed by atoms with Crippen molar-refractivity contribution in [3.63, 3.8) is 0 Å². The number of halogens is 1. The largest absolute Gasteiger partial charge is 0.495 e. The van der Waals surface area contributed by atoms with Crippen molar-refractivity contribution in [1.29, 1.82) is 0 Å². The first-order valence-corrected chi connectivity index (χ1v) is 7.34. The van der Waals surface area contributed by atoms with Gasteiger partial charge in [-0.2, -0.15) is 0 Å². The van der Waals surface area contributed by atoms with Crippen molar-refractivity contribution in [2.45, 2.75) is 11.8 Å². The minimum Gasteiger partial charge on any atom is -0.495 e. The molecule has 2 aromatic rings. The van der Waals surface area contributed by atoms with Crippen molar-refractivity contribution in [2.75, 3.05) is 11.8 Å². The Hall–Kier alpha value is -2.08. The molecule has 0 heterocycles. The van der Waals surface area contributed by atoms with Gasteiger partial charge >= 0.3 is 0 Å². The second kappa shape index (κ2) is 5.50. The first-order valence-electron chi connectivity index (χ1n) is 5.86. The Bertz CT molecular complexity index is 729. The van der Waals surface area contributed by atoms with Gasteiger partial charge in [-0.1, -0.05) is 18.2 Å². The van der Waals surface area contributed by atoms with Gasteiger partial charge in [0.1, 0.15) is 16.5 Å². The highest BCUT2D eigenvalue weighted by molar-refractivity contribution is 7.92. The van der Waals surface area contributed by atoms with Crippen molar-refractivity contribution in [3.05, 3.63) is 53.8 Å². The highest BCUT2D eigenvalue weighted by atomic mass is 32.2. The van der Waals surface area contributed by atoms with Gasteiger partial charge in [-0.05, 0) is 36.8 Å². The summed E-state index contributed by atoms with van der Waals surface area (Å²) in [5, 5.41) is 0. The highest BCUT2D eigenvalue weighted by Gasteiger charge is 2.20. The van der Waals surface area contributed by atoms with Crippen molar-refractivity contribution in [3.8, 4) is 5.75 Å². The third-order valence-corrected chi connectivity index (χ3v) is 4.13. The third-order valence-electron chi connectivity index (χ3n) is 2.73. The molecule has 0 saturated heterocycles. The van der Waals surface area contributed by atoms with Crippen LogP contribution in [0.5, 0.6) is 5.75 Å². The van der Waals surface area contributed by atoms with Crippen LogP contribution in [0.15, 0.2) is 47.4 Å². The zero-order valence-electron chi connectivity index (χ0n) is 11.1. The van der Waals surface area contributed by atoms with Crippen LogP contribution in [0.25, 0.3) is 0 Å². The summed E-state index contributed by atoms with van der Waals surface area (Å²) in [6.07, 6.45) is 0. The van der Waals surface area contributed by atoms with Crippen molar-refractivity contribution in [2.24, 2.45) is 0 Å². The minimum absolute atomic E-state index is 0.265. The summed E-state index contributed by atoms with van der Waals surface area (Å²) in [6.45, 7) is 1.86. The number of anilines is 1. The number of rotatable bonds is 4. The van der Waals surface area contributed by atoms with E-state index >= 15 is 0 Å². The molecule has 2 aromatic carbocycles. The summed E-state index contributed by atoms with van der Waals surface area (Å²) in [5.74, 6) is -0.420. The first-order chi connectivity index (χ1) is 9.44. The van der Waals surface area contributed by atoms with E-state index in [0.29, 0.717) is 5.75 Å². The molecule has 1 N–H and O–H groups in total. The molecule has 0 bridgehead atoms. The lowest BCUT2D eigenvalue weighted by Gasteiger charge is -2.12. The summed E-state index contributed by atoms with van der Waals surface area (Å²) in [6, 6.07) is 10.2. The fourth-order valence-corrected chi connectivity index (χ4v) is 2.90. The lowest BCUT2D eigenvalue weighted by atomic mass is 10.2. The summed E-state index contributed by atoms with van der Waals surface area (Å²) in [4.78, 5) is -0.400. The fourth-order valence-electron chi connectivity index (χ4n) is 1.75. The van der Waals surface area contributed by atoms with Gasteiger partial charge < -0.3 is 4.74 Å². The molecule has 0 fully saturated rings. The molecule has 0 atom stereocenters. The summed E-state index contributed by atoms with van der Waals surface area (Å²) >= 11 is 0. The van der Waals surface area contributed by atoms with E-state index in [1.165, 1.54) is 25.3 Å². The number of aryl methyl sites for hydroxylation is 1. The third kappa shape index (κ3) is 2.91. The van der Waals surface area contributed by atoms with Crippen LogP contribution >= 0.6 is 0 Å². The number of nitrogens with one attached hydrogen (secondary N) is 1. The van der Waals surface area contributed by atoms with E-state index in [9.17, 15) is 12.8 Å². The quantitative estimate of drug-likeness (QED) is 0.943. The van der Waals surface area contributed by atoms with Gasteiger partial charge in [0.05, 0.1) is 12.8 Å². The number of hydrogen-bond donors (Lipinski definition) is 1. The van der Waals surface area contributed by atoms with Gasteiger partial charge in [-0.25, -0.2) is 12.8 Å². The topological polar surface area (TPSA) is 55.4 Å². The number of hydrogen-bond acceptors (Lipinski definition) is 3. The molecule has 6 heteroatoms. The molecular formula is C14H14FNO3S. The second-order valence-corrected chi connectivity index (χ2v) is 5.89. The zero-order chi connectivity index (χ0) is 14.8. The number of benzene rings is 2. The Balaban J connectivity index is 2.41. The maximum Gasteiger partial charge on any atom is 0.264 e. The van der Waals surface area contributed by atoms with Crippen LogP contribution in [-0.4, -0.2) is 15.5 Å². The lowest BCUT2D eigenvalue weighted by molar-refractivity contribution is 0.416. The fraction of sp³-hybridized carbons (Fsp3) is 0.143. The van der Waals surface area contributed by atoms with E-state index in [1.54, 1.807) is 18.2 Å². The van der Waals surface area contributed by atoms with Crippen molar-refractivity contribution < 1.29 is 17.5 Å². The molecule has 0 spiro atoms. The van der Waals surface area contributed by atoms with Crippen LogP contribution in [0.1, 0.15) is 5.56 Å². The van der Waals surface area contributed by atoms with E-state index in [0.717, 1.165) is 11.6 Å². The zero-order valence-corrected chi connectivity index (χ0v) is 11.9. The standard InChI is InChI=1S/C14H14FNO3S/c1-10-7-8-12(13(9-10)19-2)16-20(17,18)14-6-4-3-5-11(14)15/h3-9,16H,1-2H3. The molecule has 0 aliphatic heterocycles. The molecule has 0 amide bonds. The number of ether oxygens (including phenoxy) is 1. The monoisotopic (exact) mass is 295 g/mol. The van der Waals surface area contributed by atoms with E-state index in [2.05, 4.69) is 4.72 Å². The molecule has 20 heavy (non-hydrogen) atoms. The molecule has 4 nitrogen and oxygen atoms in total. The summed E-state index contributed by atoms with van der Waals surface area (Å²) < 4.78 is 45.4. The highest BCUT2D eigenvalue weighted by Crippen LogP contribution is 2.28. The van der Waals surface area contributed by atoms with Crippen LogP contribution in [0.4, 0.5) is 10.1 Å². The SMILES string of the molecule is COc1cc(C)ccc1NS(=O)(=O)c1ccccc1F. The van der Waals surface area contributed by atoms with Crippen LogP contribution < -0.4 is 9.46 Å². The number of sulfonamides is 1. The molecule has 106 valence electrons. The van der Waals surface area contributed by atoms with Gasteiger partial charge in [-0.3, -0.25) is 4.72 Å². The van der Waals surface area contributed by atoms with Crippen molar-refractivity contribution >= 4 is 15.7 Å². The predicted molar refractivity (Wildman–Crippen MR) is 74.9 cm³/mol. The van der Waals surface area contributed by atoms with E-state index in [4.69, 9.17) is 4.74 Å². The van der Waals surface area contributed by atoms with Crippen LogP contribution in [0, 0.1) is 12.7 Å². The Kier molecular flexibility index (Phi) is 3.94. The molecule has 0 saturated carbocycles. The second-order valence-electron chi connectivity index (χ2n) is 4.24. The molecule has 0 aliphatic rings. The summed E-state index contributed by atoms with van der Waals surface area (Å²) in [5.41, 5.74) is 1.19. The van der Waals surface area contributed by atoms with E-state index in [1.807, 2.05) is 6.92 Å². The minimum atomic E-state index is -3.99. The van der Waals surface area contributed by atoms with Crippen LogP contribution in [0.3, 0.4) is 0 Å². The molecular weight excluding hydrogens is 281 g/mol. The van der Waals surface area contributed by atoms with Crippen LogP contribution in [0.2, 0.25) is 0 Å². The average molecular weight is 295 g/mol. The van der Waals surface area contributed by atoms with Gasteiger partial charge in [0.25, 0.3) is 10.0 Å². The predicted octanol–water partition coefficient (Wildman–Crippen LogP) is 2.94. The average Bonchev–Trinajstić information content (AvgIpc) is 2.41. The Morgan fingerprint density at radius 3 is 2.50 bits per heavy atom. The molecule has 0 radical (unpaired) electrons. The van der Waals surface area contributed by atoms with Gasteiger partial charge in [0.15, 0.2) is 0 Å². The maximum absolute atomic E-state index is 13.6. The first kappa shape index (κ1) is 14.3. The van der Waals surface area contributed by atoms with E-state index in [-0.39, 0.29) is 5.69 Å². The smallest absolute Gasteiger partial charge is 0.264 e. The van der Waals surface area contributed by atoms with Gasteiger partial charge in [0.2, 0.25) is 0 Å². The molecule has 0 aromatic heterocycles. The lowest BCUT2D eigenvalue weighted by Crippen LogP contribution is -2.15. The molecule has 0 unspecified atom stereocenters. The van der Waals surface area contributed by atoms with E-state index < -0.39 is 20.7 Å². The van der Waals surface area contributed by atoms with Gasteiger partial charge in [-0.15, -0.1) is 0 Å². The van der Waals surface area contributed by atoms with Crippen LogP contribution in [-0.2, 0) is 10.0 Å². The molecule has 0 aliphatic carbocycles. The normalized spacial score (nSPS) is 11.2.